The number of anilines is 1. The monoisotopic (exact) mass is 291 g/mol. The van der Waals surface area contributed by atoms with Crippen molar-refractivity contribution < 1.29 is 13.2 Å². The second kappa shape index (κ2) is 5.96. The zero-order valence-corrected chi connectivity index (χ0v) is 12.1. The molecule has 0 unspecified atom stereocenters. The number of rotatable bonds is 5. The van der Waals surface area contributed by atoms with Gasteiger partial charge in [0, 0.05) is 12.7 Å². The molecule has 0 heterocycles. The van der Waals surface area contributed by atoms with Crippen molar-refractivity contribution in [3.8, 4) is 5.75 Å². The molecule has 0 aliphatic rings. The van der Waals surface area contributed by atoms with E-state index >= 15 is 0 Å². The van der Waals surface area contributed by atoms with Crippen LogP contribution < -0.4 is 10.5 Å². The molecule has 0 amide bonds. The fraction of sp³-hybridized carbons (Fsp3) is 0.200. The predicted octanol–water partition coefficient (Wildman–Crippen LogP) is 2.29. The first-order chi connectivity index (χ1) is 9.47. The molecule has 4 nitrogen and oxygen atoms in total. The number of nitrogens with two attached hydrogens (primary N) is 1. The molecule has 106 valence electrons. The van der Waals surface area contributed by atoms with Crippen LogP contribution in [-0.4, -0.2) is 21.3 Å². The van der Waals surface area contributed by atoms with Crippen LogP contribution in [0.3, 0.4) is 0 Å². The summed E-state index contributed by atoms with van der Waals surface area (Å²) in [5, 5.41) is 0. The molecular weight excluding hydrogens is 274 g/mol. The van der Waals surface area contributed by atoms with Crippen molar-refractivity contribution in [2.75, 3.05) is 18.6 Å². The SMILES string of the molecule is CS(=O)(=O)c1ccc(OCCc2ccccc2)c(N)c1. The molecule has 5 heteroatoms. The average Bonchev–Trinajstić information content (AvgIpc) is 2.40. The Kier molecular flexibility index (Phi) is 4.29. The molecule has 0 aliphatic heterocycles. The molecule has 0 fully saturated rings. The number of hydrogen-bond acceptors (Lipinski definition) is 4. The van der Waals surface area contributed by atoms with E-state index in [1.165, 1.54) is 17.7 Å². The van der Waals surface area contributed by atoms with Crippen molar-refractivity contribution in [2.45, 2.75) is 11.3 Å². The van der Waals surface area contributed by atoms with E-state index in [4.69, 9.17) is 10.5 Å². The van der Waals surface area contributed by atoms with Crippen molar-refractivity contribution >= 4 is 15.5 Å². The molecule has 0 radical (unpaired) electrons. The van der Waals surface area contributed by atoms with E-state index in [2.05, 4.69) is 0 Å². The molecule has 0 bridgehead atoms. The van der Waals surface area contributed by atoms with Crippen molar-refractivity contribution in [1.82, 2.24) is 0 Å². The fourth-order valence-corrected chi connectivity index (χ4v) is 2.47. The summed E-state index contributed by atoms with van der Waals surface area (Å²) in [5.74, 6) is 0.508. The standard InChI is InChI=1S/C15H17NO3S/c1-20(17,18)13-7-8-15(14(16)11-13)19-10-9-12-5-3-2-4-6-12/h2-8,11H,9-10,16H2,1H3. The Morgan fingerprint density at radius 1 is 1.10 bits per heavy atom. The molecule has 0 saturated carbocycles. The maximum absolute atomic E-state index is 11.4. The van der Waals surface area contributed by atoms with Crippen LogP contribution in [0.25, 0.3) is 0 Å². The van der Waals surface area contributed by atoms with E-state index in [1.807, 2.05) is 30.3 Å². The topological polar surface area (TPSA) is 69.4 Å². The van der Waals surface area contributed by atoms with Gasteiger partial charge in [-0.1, -0.05) is 30.3 Å². The Morgan fingerprint density at radius 3 is 2.40 bits per heavy atom. The number of sulfone groups is 1. The van der Waals surface area contributed by atoms with Crippen molar-refractivity contribution in [3.05, 3.63) is 54.1 Å². The zero-order chi connectivity index (χ0) is 14.6. The molecular formula is C15H17NO3S. The first-order valence-corrected chi connectivity index (χ1v) is 8.12. The summed E-state index contributed by atoms with van der Waals surface area (Å²) in [4.78, 5) is 0.199. The van der Waals surface area contributed by atoms with Crippen molar-refractivity contribution in [1.29, 1.82) is 0 Å². The van der Waals surface area contributed by atoms with E-state index in [0.717, 1.165) is 12.7 Å². The third kappa shape index (κ3) is 3.74. The Labute approximate surface area is 119 Å². The Balaban J connectivity index is 2.00. The highest BCUT2D eigenvalue weighted by Gasteiger charge is 2.10. The minimum Gasteiger partial charge on any atom is -0.491 e. The summed E-state index contributed by atoms with van der Waals surface area (Å²) in [7, 11) is -3.24. The Morgan fingerprint density at radius 2 is 1.80 bits per heavy atom. The van der Waals surface area contributed by atoms with Crippen LogP contribution in [0.2, 0.25) is 0 Å². The second-order valence-corrected chi connectivity index (χ2v) is 6.57. The van der Waals surface area contributed by atoms with Crippen LogP contribution in [0.5, 0.6) is 5.75 Å². The second-order valence-electron chi connectivity index (χ2n) is 4.56. The summed E-state index contributed by atoms with van der Waals surface area (Å²) in [6.07, 6.45) is 1.92. The summed E-state index contributed by atoms with van der Waals surface area (Å²) >= 11 is 0. The Bertz CT molecular complexity index is 682. The zero-order valence-electron chi connectivity index (χ0n) is 11.2. The van der Waals surface area contributed by atoms with E-state index in [1.54, 1.807) is 6.07 Å². The van der Waals surface area contributed by atoms with Gasteiger partial charge in [-0.3, -0.25) is 0 Å². The molecule has 0 aromatic heterocycles. The number of nitrogen functional groups attached to an aromatic ring is 1. The van der Waals surface area contributed by atoms with Gasteiger partial charge in [-0.15, -0.1) is 0 Å². The molecule has 0 aliphatic carbocycles. The highest BCUT2D eigenvalue weighted by Crippen LogP contribution is 2.24. The predicted molar refractivity (Wildman–Crippen MR) is 79.6 cm³/mol. The van der Waals surface area contributed by atoms with Gasteiger partial charge in [0.1, 0.15) is 5.75 Å². The van der Waals surface area contributed by atoms with E-state index < -0.39 is 9.84 Å². The lowest BCUT2D eigenvalue weighted by molar-refractivity contribution is 0.323. The fourth-order valence-electron chi connectivity index (χ4n) is 1.81. The molecule has 0 spiro atoms. The molecule has 0 atom stereocenters. The molecule has 2 aromatic carbocycles. The largest absolute Gasteiger partial charge is 0.491 e. The van der Waals surface area contributed by atoms with Gasteiger partial charge < -0.3 is 10.5 Å². The third-order valence-electron chi connectivity index (χ3n) is 2.90. The molecule has 2 rings (SSSR count). The number of ether oxygens (including phenoxy) is 1. The summed E-state index contributed by atoms with van der Waals surface area (Å²) in [6, 6.07) is 14.5. The normalized spacial score (nSPS) is 11.2. The van der Waals surface area contributed by atoms with Crippen LogP contribution >= 0.6 is 0 Å². The molecule has 2 aromatic rings. The van der Waals surface area contributed by atoms with E-state index in [-0.39, 0.29) is 4.90 Å². The first-order valence-electron chi connectivity index (χ1n) is 6.23. The molecule has 0 saturated heterocycles. The lowest BCUT2D eigenvalue weighted by Gasteiger charge is -2.10. The minimum absolute atomic E-state index is 0.199. The lowest BCUT2D eigenvalue weighted by Crippen LogP contribution is -2.05. The van der Waals surface area contributed by atoms with Gasteiger partial charge in [0.05, 0.1) is 17.2 Å². The van der Waals surface area contributed by atoms with Gasteiger partial charge in [0.15, 0.2) is 9.84 Å². The van der Waals surface area contributed by atoms with Gasteiger partial charge >= 0.3 is 0 Å². The van der Waals surface area contributed by atoms with Gasteiger partial charge in [0.2, 0.25) is 0 Å². The molecule has 2 N–H and O–H groups in total. The third-order valence-corrected chi connectivity index (χ3v) is 4.01. The number of benzene rings is 2. The van der Waals surface area contributed by atoms with Crippen LogP contribution in [-0.2, 0) is 16.3 Å². The smallest absolute Gasteiger partial charge is 0.175 e. The summed E-state index contributed by atoms with van der Waals surface area (Å²) in [5.41, 5.74) is 7.32. The maximum atomic E-state index is 11.4. The maximum Gasteiger partial charge on any atom is 0.175 e. The lowest BCUT2D eigenvalue weighted by atomic mass is 10.2. The van der Waals surface area contributed by atoms with Crippen molar-refractivity contribution in [2.24, 2.45) is 0 Å². The van der Waals surface area contributed by atoms with Crippen LogP contribution in [0, 0.1) is 0 Å². The van der Waals surface area contributed by atoms with Crippen LogP contribution in [0.4, 0.5) is 5.69 Å². The summed E-state index contributed by atoms with van der Waals surface area (Å²) in [6.45, 7) is 0.492. The van der Waals surface area contributed by atoms with E-state index in [9.17, 15) is 8.42 Å². The minimum atomic E-state index is -3.24. The molecule has 20 heavy (non-hydrogen) atoms. The first kappa shape index (κ1) is 14.4. The van der Waals surface area contributed by atoms with Crippen LogP contribution in [0.15, 0.2) is 53.4 Å². The quantitative estimate of drug-likeness (QED) is 0.858. The van der Waals surface area contributed by atoms with Crippen LogP contribution in [0.1, 0.15) is 5.56 Å². The summed E-state index contributed by atoms with van der Waals surface area (Å²) < 4.78 is 28.4. The van der Waals surface area contributed by atoms with Gasteiger partial charge in [-0.25, -0.2) is 8.42 Å². The highest BCUT2D eigenvalue weighted by atomic mass is 32.2. The van der Waals surface area contributed by atoms with Gasteiger partial charge in [-0.2, -0.15) is 0 Å². The number of hydrogen-bond donors (Lipinski definition) is 1. The van der Waals surface area contributed by atoms with Gasteiger partial charge in [0.25, 0.3) is 0 Å². The van der Waals surface area contributed by atoms with Crippen molar-refractivity contribution in [3.63, 3.8) is 0 Å². The highest BCUT2D eigenvalue weighted by molar-refractivity contribution is 7.90. The van der Waals surface area contributed by atoms with E-state index in [0.29, 0.717) is 18.0 Å². The van der Waals surface area contributed by atoms with Gasteiger partial charge in [-0.05, 0) is 23.8 Å². The average molecular weight is 291 g/mol. The Hall–Kier alpha value is -2.01.